The molecule has 1 aliphatic rings. The van der Waals surface area contributed by atoms with Crippen LogP contribution in [0.5, 0.6) is 0 Å². The van der Waals surface area contributed by atoms with Crippen LogP contribution < -0.4 is 11.5 Å². The van der Waals surface area contributed by atoms with Crippen LogP contribution in [0.25, 0.3) is 0 Å². The van der Waals surface area contributed by atoms with Gasteiger partial charge in [-0.25, -0.2) is 0 Å². The molecule has 4 N–H and O–H groups in total. The second-order valence-corrected chi connectivity index (χ2v) is 5.67. The molecule has 0 aliphatic heterocycles. The molecule has 1 saturated carbocycles. The van der Waals surface area contributed by atoms with E-state index in [2.05, 4.69) is 0 Å². The molecule has 2 atom stereocenters. The fourth-order valence-electron chi connectivity index (χ4n) is 1.26. The van der Waals surface area contributed by atoms with Crippen molar-refractivity contribution in [3.63, 3.8) is 0 Å². The Hall–Kier alpha value is 0.620. The van der Waals surface area contributed by atoms with E-state index in [1.54, 1.807) is 0 Å². The highest BCUT2D eigenvalue weighted by atomic mass is 32.2. The summed E-state index contributed by atoms with van der Waals surface area (Å²) in [6.07, 6.45) is 2.76. The van der Waals surface area contributed by atoms with E-state index in [-0.39, 0.29) is 0 Å². The Bertz CT molecular complexity index is 108. The summed E-state index contributed by atoms with van der Waals surface area (Å²) in [6, 6.07) is 0. The molecule has 0 amide bonds. The maximum Gasteiger partial charge on any atom is 0.0167 e. The van der Waals surface area contributed by atoms with Crippen molar-refractivity contribution in [3.8, 4) is 0 Å². The normalized spacial score (nSPS) is 28.5. The molecular weight excluding hydrogens is 188 g/mol. The van der Waals surface area contributed by atoms with Crippen molar-refractivity contribution in [1.82, 2.24) is 0 Å². The van der Waals surface area contributed by atoms with Crippen LogP contribution in [0.3, 0.4) is 0 Å². The van der Waals surface area contributed by atoms with E-state index in [9.17, 15) is 0 Å². The number of hydrogen-bond donors (Lipinski definition) is 2. The Labute approximate surface area is 83.2 Å². The van der Waals surface area contributed by atoms with Crippen LogP contribution in [0.1, 0.15) is 12.8 Å². The van der Waals surface area contributed by atoms with Gasteiger partial charge in [-0.1, -0.05) is 0 Å². The highest BCUT2D eigenvalue weighted by molar-refractivity contribution is 8.04. The van der Waals surface area contributed by atoms with E-state index in [1.807, 2.05) is 23.5 Å². The van der Waals surface area contributed by atoms with Crippen LogP contribution >= 0.6 is 23.5 Å². The molecular formula is C8H18N2S2. The van der Waals surface area contributed by atoms with E-state index in [1.165, 1.54) is 12.8 Å². The Kier molecular flexibility index (Phi) is 5.47. The average molecular weight is 206 g/mol. The molecule has 1 rings (SSSR count). The van der Waals surface area contributed by atoms with Crippen LogP contribution in [-0.4, -0.2) is 35.1 Å². The Morgan fingerprint density at radius 1 is 0.917 bits per heavy atom. The van der Waals surface area contributed by atoms with Crippen molar-refractivity contribution >= 4 is 23.5 Å². The summed E-state index contributed by atoms with van der Waals surface area (Å²) in [6.45, 7) is 1.63. The Balaban J connectivity index is 2.03. The van der Waals surface area contributed by atoms with Crippen molar-refractivity contribution < 1.29 is 0 Å². The summed E-state index contributed by atoms with van der Waals surface area (Å²) in [5.74, 6) is 2.23. The fraction of sp³-hybridized carbons (Fsp3) is 1.00. The molecule has 0 heterocycles. The van der Waals surface area contributed by atoms with E-state index in [0.717, 1.165) is 35.1 Å². The van der Waals surface area contributed by atoms with Gasteiger partial charge in [0.25, 0.3) is 0 Å². The lowest BCUT2D eigenvalue weighted by Crippen LogP contribution is -2.33. The minimum absolute atomic E-state index is 0.815. The van der Waals surface area contributed by atoms with E-state index >= 15 is 0 Å². The minimum atomic E-state index is 0.815. The third-order valence-corrected chi connectivity index (χ3v) is 5.15. The molecule has 2 unspecified atom stereocenters. The number of nitrogens with two attached hydrogens (primary N) is 2. The maximum absolute atomic E-state index is 5.45. The van der Waals surface area contributed by atoms with Crippen LogP contribution in [0.4, 0.5) is 0 Å². The maximum atomic E-state index is 5.45. The first kappa shape index (κ1) is 10.7. The average Bonchev–Trinajstić information content (AvgIpc) is 2.04. The zero-order valence-electron chi connectivity index (χ0n) is 7.37. The smallest absolute Gasteiger partial charge is 0.0167 e. The molecule has 0 aromatic rings. The van der Waals surface area contributed by atoms with Gasteiger partial charge in [0.15, 0.2) is 0 Å². The summed E-state index contributed by atoms with van der Waals surface area (Å²) in [4.78, 5) is 0. The molecule has 4 heteroatoms. The Morgan fingerprint density at radius 3 is 1.58 bits per heavy atom. The van der Waals surface area contributed by atoms with Crippen LogP contribution in [-0.2, 0) is 0 Å². The topological polar surface area (TPSA) is 52.0 Å². The molecule has 0 aromatic carbocycles. The summed E-state index contributed by atoms with van der Waals surface area (Å²) >= 11 is 4.07. The molecule has 1 fully saturated rings. The fourth-order valence-corrected chi connectivity index (χ4v) is 3.92. The molecule has 0 radical (unpaired) electrons. The minimum Gasteiger partial charge on any atom is -0.330 e. The van der Waals surface area contributed by atoms with Crippen LogP contribution in [0.2, 0.25) is 0 Å². The van der Waals surface area contributed by atoms with Crippen LogP contribution in [0, 0.1) is 0 Å². The Morgan fingerprint density at radius 2 is 1.33 bits per heavy atom. The summed E-state index contributed by atoms with van der Waals surface area (Å²) in [5.41, 5.74) is 10.9. The predicted octanol–water partition coefficient (Wildman–Crippen LogP) is 0.901. The lowest BCUT2D eigenvalue weighted by Gasteiger charge is -2.35. The van der Waals surface area contributed by atoms with Crippen LogP contribution in [0.15, 0.2) is 0 Å². The van der Waals surface area contributed by atoms with Crippen molar-refractivity contribution in [3.05, 3.63) is 0 Å². The van der Waals surface area contributed by atoms with Gasteiger partial charge in [0.1, 0.15) is 0 Å². The molecule has 0 saturated heterocycles. The second kappa shape index (κ2) is 6.13. The second-order valence-electron chi connectivity index (χ2n) is 2.97. The first-order valence-corrected chi connectivity index (χ1v) is 6.61. The number of thioether (sulfide) groups is 2. The molecule has 72 valence electrons. The lowest BCUT2D eigenvalue weighted by atomic mass is 9.99. The first-order valence-electron chi connectivity index (χ1n) is 4.52. The van der Waals surface area contributed by atoms with Gasteiger partial charge >= 0.3 is 0 Å². The zero-order chi connectivity index (χ0) is 8.81. The number of hydrogen-bond acceptors (Lipinski definition) is 4. The quantitative estimate of drug-likeness (QED) is 0.678. The van der Waals surface area contributed by atoms with Gasteiger partial charge in [-0.2, -0.15) is 23.5 Å². The van der Waals surface area contributed by atoms with Crippen molar-refractivity contribution in [2.45, 2.75) is 23.3 Å². The van der Waals surface area contributed by atoms with Gasteiger partial charge < -0.3 is 11.5 Å². The van der Waals surface area contributed by atoms with Crippen molar-refractivity contribution in [1.29, 1.82) is 0 Å². The van der Waals surface area contributed by atoms with E-state index in [0.29, 0.717) is 0 Å². The molecule has 0 spiro atoms. The van der Waals surface area contributed by atoms with Gasteiger partial charge in [-0.3, -0.25) is 0 Å². The molecule has 1 aliphatic carbocycles. The predicted molar refractivity (Wildman–Crippen MR) is 59.8 cm³/mol. The summed E-state index contributed by atoms with van der Waals surface area (Å²) in [5, 5.41) is 1.73. The van der Waals surface area contributed by atoms with E-state index in [4.69, 9.17) is 11.5 Å². The van der Waals surface area contributed by atoms with Crippen molar-refractivity contribution in [2.24, 2.45) is 11.5 Å². The molecule has 0 bridgehead atoms. The first-order chi connectivity index (χ1) is 5.88. The van der Waals surface area contributed by atoms with Gasteiger partial charge in [-0.15, -0.1) is 0 Å². The number of rotatable bonds is 6. The monoisotopic (exact) mass is 206 g/mol. The molecule has 0 aromatic heterocycles. The highest BCUT2D eigenvalue weighted by Crippen LogP contribution is 2.39. The summed E-state index contributed by atoms with van der Waals surface area (Å²) in [7, 11) is 0. The summed E-state index contributed by atoms with van der Waals surface area (Å²) < 4.78 is 0. The standard InChI is InChI=1S/C8H18N2S2/c9-3-5-11-7-1-2-8(7)12-6-4-10/h7-8H,1-6,9-10H2. The van der Waals surface area contributed by atoms with Gasteiger partial charge in [-0.05, 0) is 12.8 Å². The van der Waals surface area contributed by atoms with Gasteiger partial charge in [0, 0.05) is 35.1 Å². The van der Waals surface area contributed by atoms with Gasteiger partial charge in [0.05, 0.1) is 0 Å². The molecule has 12 heavy (non-hydrogen) atoms. The lowest BCUT2D eigenvalue weighted by molar-refractivity contribution is 0.540. The third kappa shape index (κ3) is 3.17. The molecule has 2 nitrogen and oxygen atoms in total. The highest BCUT2D eigenvalue weighted by Gasteiger charge is 2.30. The largest absolute Gasteiger partial charge is 0.330 e. The van der Waals surface area contributed by atoms with Crippen molar-refractivity contribution in [2.75, 3.05) is 24.6 Å². The zero-order valence-corrected chi connectivity index (χ0v) is 9.00. The third-order valence-electron chi connectivity index (χ3n) is 2.05. The van der Waals surface area contributed by atoms with Gasteiger partial charge in [0.2, 0.25) is 0 Å². The van der Waals surface area contributed by atoms with E-state index < -0.39 is 0 Å². The SMILES string of the molecule is NCCSC1CCC1SCCN.